The SMILES string of the molecule is O=c1[nH]c(=O)n2ccccc2c1-c1ccc(F)cc1. The van der Waals surface area contributed by atoms with Crippen LogP contribution in [0.5, 0.6) is 0 Å². The molecule has 2 aromatic heterocycles. The molecule has 1 N–H and O–H groups in total. The van der Waals surface area contributed by atoms with Crippen LogP contribution in [0.15, 0.2) is 58.3 Å². The number of rotatable bonds is 1. The molecule has 1 aromatic carbocycles. The number of aromatic amines is 1. The molecule has 3 rings (SSSR count). The fourth-order valence-corrected chi connectivity index (χ4v) is 2.06. The average molecular weight is 256 g/mol. The summed E-state index contributed by atoms with van der Waals surface area (Å²) in [5, 5.41) is 0. The molecule has 0 amide bonds. The topological polar surface area (TPSA) is 54.3 Å². The van der Waals surface area contributed by atoms with Crippen molar-refractivity contribution < 1.29 is 4.39 Å². The first kappa shape index (κ1) is 11.4. The molecule has 5 heteroatoms. The number of halogens is 1. The summed E-state index contributed by atoms with van der Waals surface area (Å²) in [6.07, 6.45) is 1.57. The van der Waals surface area contributed by atoms with Gasteiger partial charge in [-0.25, -0.2) is 9.18 Å². The standard InChI is InChI=1S/C14H9FN2O2/c15-10-6-4-9(5-7-10)12-11-3-1-2-8-17(11)14(19)16-13(12)18/h1-8H,(H,16,18,19). The van der Waals surface area contributed by atoms with Crippen LogP contribution in [0.3, 0.4) is 0 Å². The highest BCUT2D eigenvalue weighted by atomic mass is 19.1. The second-order valence-corrected chi connectivity index (χ2v) is 4.10. The van der Waals surface area contributed by atoms with Crippen LogP contribution in [0.1, 0.15) is 0 Å². The monoisotopic (exact) mass is 256 g/mol. The van der Waals surface area contributed by atoms with E-state index >= 15 is 0 Å². The van der Waals surface area contributed by atoms with Crippen molar-refractivity contribution >= 4 is 5.52 Å². The van der Waals surface area contributed by atoms with Crippen LogP contribution in [0.25, 0.3) is 16.6 Å². The van der Waals surface area contributed by atoms with Crippen molar-refractivity contribution in [2.45, 2.75) is 0 Å². The van der Waals surface area contributed by atoms with E-state index in [2.05, 4.69) is 4.98 Å². The molecule has 0 saturated carbocycles. The van der Waals surface area contributed by atoms with Crippen molar-refractivity contribution in [1.29, 1.82) is 0 Å². The molecule has 0 aliphatic carbocycles. The molecule has 4 nitrogen and oxygen atoms in total. The van der Waals surface area contributed by atoms with E-state index in [0.29, 0.717) is 16.6 Å². The maximum absolute atomic E-state index is 12.9. The number of H-pyrrole nitrogens is 1. The first-order chi connectivity index (χ1) is 9.16. The van der Waals surface area contributed by atoms with Crippen LogP contribution in [0, 0.1) is 5.82 Å². The smallest absolute Gasteiger partial charge is 0.273 e. The minimum atomic E-state index is -0.494. The Morgan fingerprint density at radius 2 is 1.74 bits per heavy atom. The minimum absolute atomic E-state index is 0.347. The first-order valence-corrected chi connectivity index (χ1v) is 5.66. The molecule has 0 spiro atoms. The summed E-state index contributed by atoms with van der Waals surface area (Å²) in [6, 6.07) is 10.7. The Hall–Kier alpha value is -2.69. The summed E-state index contributed by atoms with van der Waals surface area (Å²) >= 11 is 0. The Morgan fingerprint density at radius 3 is 2.47 bits per heavy atom. The van der Waals surface area contributed by atoms with Crippen molar-refractivity contribution in [3.8, 4) is 11.1 Å². The fraction of sp³-hybridized carbons (Fsp3) is 0. The number of hydrogen-bond donors (Lipinski definition) is 1. The molecule has 0 atom stereocenters. The first-order valence-electron chi connectivity index (χ1n) is 5.66. The van der Waals surface area contributed by atoms with E-state index in [9.17, 15) is 14.0 Å². The van der Waals surface area contributed by atoms with E-state index in [-0.39, 0.29) is 5.82 Å². The number of hydrogen-bond acceptors (Lipinski definition) is 2. The quantitative estimate of drug-likeness (QED) is 0.721. The zero-order valence-electron chi connectivity index (χ0n) is 9.76. The molecule has 2 heterocycles. The summed E-state index contributed by atoms with van der Waals surface area (Å²) in [7, 11) is 0. The van der Waals surface area contributed by atoms with Crippen molar-refractivity contribution in [3.63, 3.8) is 0 Å². The zero-order chi connectivity index (χ0) is 13.4. The van der Waals surface area contributed by atoms with Crippen molar-refractivity contribution in [2.75, 3.05) is 0 Å². The molecule has 0 radical (unpaired) electrons. The zero-order valence-corrected chi connectivity index (χ0v) is 9.76. The van der Waals surface area contributed by atoms with Crippen molar-refractivity contribution in [1.82, 2.24) is 9.38 Å². The number of nitrogens with one attached hydrogen (secondary N) is 1. The van der Waals surface area contributed by atoms with E-state index in [1.807, 2.05) is 0 Å². The Kier molecular flexibility index (Phi) is 2.52. The second kappa shape index (κ2) is 4.20. The molecule has 3 aromatic rings. The summed E-state index contributed by atoms with van der Waals surface area (Å²) in [6.45, 7) is 0. The Morgan fingerprint density at radius 1 is 1.00 bits per heavy atom. The van der Waals surface area contributed by atoms with Gasteiger partial charge in [0.25, 0.3) is 5.56 Å². The molecule has 94 valence electrons. The van der Waals surface area contributed by atoms with Gasteiger partial charge >= 0.3 is 5.69 Å². The highest BCUT2D eigenvalue weighted by Gasteiger charge is 2.10. The molecule has 0 saturated heterocycles. The summed E-state index contributed by atoms with van der Waals surface area (Å²) in [5.74, 6) is -0.377. The molecule has 0 aliphatic rings. The van der Waals surface area contributed by atoms with Gasteiger partial charge in [-0.15, -0.1) is 0 Å². The number of benzene rings is 1. The van der Waals surface area contributed by atoms with Crippen LogP contribution >= 0.6 is 0 Å². The summed E-state index contributed by atoms with van der Waals surface area (Å²) in [5.41, 5.74) is 0.420. The third-order valence-electron chi connectivity index (χ3n) is 2.92. The van der Waals surface area contributed by atoms with Crippen LogP contribution < -0.4 is 11.2 Å². The maximum Gasteiger partial charge on any atom is 0.332 e. The lowest BCUT2D eigenvalue weighted by molar-refractivity contribution is 0.628. The lowest BCUT2D eigenvalue weighted by Crippen LogP contribution is -2.27. The van der Waals surface area contributed by atoms with Gasteiger partial charge in [0.2, 0.25) is 0 Å². The van der Waals surface area contributed by atoms with Gasteiger partial charge in [-0.1, -0.05) is 18.2 Å². The maximum atomic E-state index is 12.9. The van der Waals surface area contributed by atoms with Gasteiger partial charge in [0.1, 0.15) is 5.82 Å². The van der Waals surface area contributed by atoms with Gasteiger partial charge in [0.05, 0.1) is 11.1 Å². The van der Waals surface area contributed by atoms with Gasteiger partial charge in [0.15, 0.2) is 0 Å². The fourth-order valence-electron chi connectivity index (χ4n) is 2.06. The normalized spacial score (nSPS) is 10.8. The van der Waals surface area contributed by atoms with Crippen LogP contribution in [-0.4, -0.2) is 9.38 Å². The molecule has 19 heavy (non-hydrogen) atoms. The lowest BCUT2D eigenvalue weighted by atomic mass is 10.1. The second-order valence-electron chi connectivity index (χ2n) is 4.10. The van der Waals surface area contributed by atoms with E-state index in [1.54, 1.807) is 24.4 Å². The lowest BCUT2D eigenvalue weighted by Gasteiger charge is -2.06. The van der Waals surface area contributed by atoms with Crippen LogP contribution in [-0.2, 0) is 0 Å². The largest absolute Gasteiger partial charge is 0.332 e. The number of aromatic nitrogens is 2. The van der Waals surface area contributed by atoms with Crippen LogP contribution in [0.2, 0.25) is 0 Å². The highest BCUT2D eigenvalue weighted by Crippen LogP contribution is 2.19. The van der Waals surface area contributed by atoms with Gasteiger partial charge in [-0.05, 0) is 29.8 Å². The number of nitrogens with zero attached hydrogens (tertiary/aromatic N) is 1. The Balaban J connectivity index is 2.44. The van der Waals surface area contributed by atoms with Gasteiger partial charge in [0, 0.05) is 6.20 Å². The van der Waals surface area contributed by atoms with Gasteiger partial charge in [-0.2, -0.15) is 0 Å². The third kappa shape index (κ3) is 1.85. The van der Waals surface area contributed by atoms with Gasteiger partial charge < -0.3 is 0 Å². The third-order valence-corrected chi connectivity index (χ3v) is 2.92. The highest BCUT2D eigenvalue weighted by molar-refractivity contribution is 5.79. The average Bonchev–Trinajstić information content (AvgIpc) is 2.41. The molecule has 0 bridgehead atoms. The van der Waals surface area contributed by atoms with E-state index in [1.165, 1.54) is 28.7 Å². The predicted molar refractivity (Wildman–Crippen MR) is 69.7 cm³/mol. The molecule has 0 aliphatic heterocycles. The number of pyridine rings is 1. The summed E-state index contributed by atoms with van der Waals surface area (Å²) < 4.78 is 14.3. The van der Waals surface area contributed by atoms with E-state index < -0.39 is 11.2 Å². The predicted octanol–water partition coefficient (Wildman–Crippen LogP) is 1.79. The Bertz CT molecular complexity index is 863. The van der Waals surface area contributed by atoms with E-state index in [4.69, 9.17) is 0 Å². The van der Waals surface area contributed by atoms with Crippen molar-refractivity contribution in [2.24, 2.45) is 0 Å². The molecule has 0 fully saturated rings. The molecule has 0 unspecified atom stereocenters. The van der Waals surface area contributed by atoms with E-state index in [0.717, 1.165) is 0 Å². The van der Waals surface area contributed by atoms with Crippen LogP contribution in [0.4, 0.5) is 4.39 Å². The Labute approximate surface area is 106 Å². The van der Waals surface area contributed by atoms with Gasteiger partial charge in [-0.3, -0.25) is 14.2 Å². The number of fused-ring (bicyclic) bond motifs is 1. The minimum Gasteiger partial charge on any atom is -0.273 e. The molecular formula is C14H9FN2O2. The molecular weight excluding hydrogens is 247 g/mol. The van der Waals surface area contributed by atoms with Crippen molar-refractivity contribution in [3.05, 3.63) is 75.3 Å². The summed E-state index contributed by atoms with van der Waals surface area (Å²) in [4.78, 5) is 25.9.